The second-order valence-electron chi connectivity index (χ2n) is 7.23. The van der Waals surface area contributed by atoms with Crippen molar-refractivity contribution >= 4 is 5.91 Å². The van der Waals surface area contributed by atoms with Gasteiger partial charge in [-0.1, -0.05) is 42.5 Å². The van der Waals surface area contributed by atoms with Crippen molar-refractivity contribution in [3.63, 3.8) is 0 Å². The highest BCUT2D eigenvalue weighted by Gasteiger charge is 2.28. The lowest BCUT2D eigenvalue weighted by molar-refractivity contribution is 0.0783. The van der Waals surface area contributed by atoms with E-state index in [4.69, 9.17) is 0 Å². The zero-order chi connectivity index (χ0) is 18.8. The first-order valence-corrected chi connectivity index (χ1v) is 9.28. The normalized spacial score (nSPS) is 16.9. The molecular formula is C22H24N4O. The van der Waals surface area contributed by atoms with Crippen LogP contribution in [0.5, 0.6) is 0 Å². The quantitative estimate of drug-likeness (QED) is 0.774. The van der Waals surface area contributed by atoms with Crippen LogP contribution in [0, 0.1) is 0 Å². The van der Waals surface area contributed by atoms with E-state index in [2.05, 4.69) is 41.1 Å². The van der Waals surface area contributed by atoms with E-state index in [-0.39, 0.29) is 5.91 Å². The molecule has 5 heteroatoms. The summed E-state index contributed by atoms with van der Waals surface area (Å²) in [6.07, 6.45) is 2.73. The molecule has 1 fully saturated rings. The Kier molecular flexibility index (Phi) is 4.77. The number of rotatable bonds is 4. The smallest absolute Gasteiger partial charge is 0.253 e. The number of aromatic nitrogens is 2. The Balaban J connectivity index is 1.61. The molecule has 1 aliphatic heterocycles. The third kappa shape index (κ3) is 3.51. The highest BCUT2D eigenvalue weighted by atomic mass is 16.2. The number of H-pyrrole nitrogens is 1. The van der Waals surface area contributed by atoms with Gasteiger partial charge in [0.05, 0.1) is 17.7 Å². The van der Waals surface area contributed by atoms with E-state index in [1.165, 1.54) is 0 Å². The highest BCUT2D eigenvalue weighted by Crippen LogP contribution is 2.29. The van der Waals surface area contributed by atoms with Gasteiger partial charge in [-0.2, -0.15) is 0 Å². The fraction of sp³-hybridized carbons (Fsp3) is 0.273. The minimum Gasteiger partial charge on any atom is -0.344 e. The van der Waals surface area contributed by atoms with Gasteiger partial charge >= 0.3 is 0 Å². The number of carbonyl (C=O) groups is 1. The summed E-state index contributed by atoms with van der Waals surface area (Å²) in [5.74, 6) is 0.0954. The van der Waals surface area contributed by atoms with E-state index in [1.807, 2.05) is 47.4 Å². The van der Waals surface area contributed by atoms with Gasteiger partial charge in [-0.25, -0.2) is 4.98 Å². The number of nitrogens with one attached hydrogen (secondary N) is 1. The van der Waals surface area contributed by atoms with Gasteiger partial charge in [0.25, 0.3) is 5.91 Å². The molecule has 2 heterocycles. The number of likely N-dealkylation sites (tertiary alicyclic amines) is 1. The average Bonchev–Trinajstić information content (AvgIpc) is 3.38. The molecule has 1 saturated heterocycles. The third-order valence-corrected chi connectivity index (χ3v) is 5.27. The molecule has 1 atom stereocenters. The molecular weight excluding hydrogens is 336 g/mol. The van der Waals surface area contributed by atoms with Crippen LogP contribution in [0.25, 0.3) is 22.5 Å². The number of aromatic amines is 1. The van der Waals surface area contributed by atoms with Gasteiger partial charge in [0, 0.05) is 35.8 Å². The van der Waals surface area contributed by atoms with Gasteiger partial charge < -0.3 is 14.8 Å². The molecule has 0 saturated carbocycles. The van der Waals surface area contributed by atoms with Crippen LogP contribution in [-0.4, -0.2) is 58.9 Å². The maximum atomic E-state index is 13.0. The van der Waals surface area contributed by atoms with Gasteiger partial charge in [-0.3, -0.25) is 4.79 Å². The number of benzene rings is 2. The molecule has 0 aliphatic carbocycles. The van der Waals surface area contributed by atoms with Gasteiger partial charge in [0.2, 0.25) is 0 Å². The molecule has 3 aromatic rings. The fourth-order valence-corrected chi connectivity index (χ4v) is 3.67. The van der Waals surface area contributed by atoms with Crippen LogP contribution in [0.4, 0.5) is 0 Å². The van der Waals surface area contributed by atoms with E-state index < -0.39 is 0 Å². The summed E-state index contributed by atoms with van der Waals surface area (Å²) in [6, 6.07) is 18.3. The lowest BCUT2D eigenvalue weighted by Gasteiger charge is -2.20. The van der Waals surface area contributed by atoms with E-state index in [0.717, 1.165) is 42.0 Å². The number of imidazole rings is 1. The van der Waals surface area contributed by atoms with Crippen LogP contribution in [0.1, 0.15) is 16.8 Å². The van der Waals surface area contributed by atoms with Crippen molar-refractivity contribution in [2.75, 3.05) is 27.2 Å². The van der Waals surface area contributed by atoms with Crippen LogP contribution in [0.3, 0.4) is 0 Å². The van der Waals surface area contributed by atoms with Crippen molar-refractivity contribution in [1.82, 2.24) is 19.8 Å². The predicted molar refractivity (Wildman–Crippen MR) is 107 cm³/mol. The van der Waals surface area contributed by atoms with Gasteiger partial charge in [0.1, 0.15) is 0 Å². The predicted octanol–water partition coefficient (Wildman–Crippen LogP) is 3.52. The van der Waals surface area contributed by atoms with Crippen molar-refractivity contribution in [3.05, 3.63) is 66.5 Å². The lowest BCUT2D eigenvalue weighted by atomic mass is 10.0. The van der Waals surface area contributed by atoms with Crippen LogP contribution in [-0.2, 0) is 0 Å². The molecule has 5 nitrogen and oxygen atoms in total. The number of nitrogens with zero attached hydrogens (tertiary/aromatic N) is 3. The minimum absolute atomic E-state index is 0.0954. The summed E-state index contributed by atoms with van der Waals surface area (Å²) in [4.78, 5) is 24.9. The largest absolute Gasteiger partial charge is 0.344 e. The molecule has 0 spiro atoms. The Morgan fingerprint density at radius 3 is 2.63 bits per heavy atom. The number of amides is 1. The molecule has 1 aromatic heterocycles. The Morgan fingerprint density at radius 2 is 1.89 bits per heavy atom. The standard InChI is InChI=1S/C22H24N4O/c1-25(2)19-11-12-26(14-19)22(27)18-10-6-9-17(13-18)21-20(23-15-24-21)16-7-4-3-5-8-16/h3-10,13,15,19H,11-12,14H2,1-2H3,(H,23,24)/t19-/m0/s1. The molecule has 1 N–H and O–H groups in total. The summed E-state index contributed by atoms with van der Waals surface area (Å²) in [6.45, 7) is 1.59. The Bertz CT molecular complexity index is 932. The molecule has 4 rings (SSSR count). The molecule has 0 unspecified atom stereocenters. The summed E-state index contributed by atoms with van der Waals surface area (Å²) >= 11 is 0. The molecule has 27 heavy (non-hydrogen) atoms. The molecule has 0 bridgehead atoms. The van der Waals surface area contributed by atoms with Crippen molar-refractivity contribution in [1.29, 1.82) is 0 Å². The number of likely N-dealkylation sites (N-methyl/N-ethyl adjacent to an activating group) is 1. The lowest BCUT2D eigenvalue weighted by Crippen LogP contribution is -2.34. The fourth-order valence-electron chi connectivity index (χ4n) is 3.67. The summed E-state index contributed by atoms with van der Waals surface area (Å²) in [5, 5.41) is 0. The zero-order valence-electron chi connectivity index (χ0n) is 15.7. The van der Waals surface area contributed by atoms with Crippen molar-refractivity contribution in [2.24, 2.45) is 0 Å². The minimum atomic E-state index is 0.0954. The summed E-state index contributed by atoms with van der Waals surface area (Å²) < 4.78 is 0. The van der Waals surface area contributed by atoms with Crippen LogP contribution in [0.2, 0.25) is 0 Å². The monoisotopic (exact) mass is 360 g/mol. The molecule has 2 aromatic carbocycles. The van der Waals surface area contributed by atoms with Crippen LogP contribution in [0.15, 0.2) is 60.9 Å². The average molecular weight is 360 g/mol. The van der Waals surface area contributed by atoms with Gasteiger partial charge in [-0.15, -0.1) is 0 Å². The second kappa shape index (κ2) is 7.37. The number of hydrogen-bond donors (Lipinski definition) is 1. The van der Waals surface area contributed by atoms with Gasteiger partial charge in [-0.05, 0) is 32.6 Å². The highest BCUT2D eigenvalue weighted by molar-refractivity contribution is 5.96. The SMILES string of the molecule is CN(C)[C@H]1CCN(C(=O)c2cccc(-c3nc[nH]c3-c3ccccc3)c2)C1. The van der Waals surface area contributed by atoms with Crippen LogP contribution < -0.4 is 0 Å². The number of hydrogen-bond acceptors (Lipinski definition) is 3. The third-order valence-electron chi connectivity index (χ3n) is 5.27. The van der Waals surface area contributed by atoms with Crippen molar-refractivity contribution in [3.8, 4) is 22.5 Å². The Hall–Kier alpha value is -2.92. The first kappa shape index (κ1) is 17.5. The number of carbonyl (C=O) groups excluding carboxylic acids is 1. The first-order valence-electron chi connectivity index (χ1n) is 9.28. The van der Waals surface area contributed by atoms with Crippen LogP contribution >= 0.6 is 0 Å². The molecule has 0 radical (unpaired) electrons. The van der Waals surface area contributed by atoms with E-state index in [9.17, 15) is 4.79 Å². The Morgan fingerprint density at radius 1 is 1.11 bits per heavy atom. The second-order valence-corrected chi connectivity index (χ2v) is 7.23. The van der Waals surface area contributed by atoms with Crippen molar-refractivity contribution in [2.45, 2.75) is 12.5 Å². The summed E-state index contributed by atoms with van der Waals surface area (Å²) in [7, 11) is 4.14. The van der Waals surface area contributed by atoms with Crippen molar-refractivity contribution < 1.29 is 4.79 Å². The first-order chi connectivity index (χ1) is 13.1. The summed E-state index contributed by atoms with van der Waals surface area (Å²) in [5.41, 5.74) is 4.57. The topological polar surface area (TPSA) is 52.2 Å². The zero-order valence-corrected chi connectivity index (χ0v) is 15.7. The van der Waals surface area contributed by atoms with E-state index in [1.54, 1.807) is 6.33 Å². The van der Waals surface area contributed by atoms with E-state index >= 15 is 0 Å². The maximum absolute atomic E-state index is 13.0. The van der Waals surface area contributed by atoms with E-state index in [0.29, 0.717) is 11.6 Å². The molecule has 1 amide bonds. The molecule has 138 valence electrons. The maximum Gasteiger partial charge on any atom is 0.253 e. The molecule has 1 aliphatic rings. The Labute approximate surface area is 159 Å². The van der Waals surface area contributed by atoms with Gasteiger partial charge in [0.15, 0.2) is 0 Å².